The van der Waals surface area contributed by atoms with Crippen molar-refractivity contribution in [2.45, 2.75) is 13.3 Å². The molecule has 0 saturated heterocycles. The van der Waals surface area contributed by atoms with Gasteiger partial charge in [-0.2, -0.15) is 0 Å². The van der Waals surface area contributed by atoms with Gasteiger partial charge >= 0.3 is 0 Å². The second kappa shape index (κ2) is 6.23. The fourth-order valence-electron chi connectivity index (χ4n) is 2.00. The van der Waals surface area contributed by atoms with Crippen LogP contribution < -0.4 is 10.1 Å². The van der Waals surface area contributed by atoms with Crippen molar-refractivity contribution in [3.05, 3.63) is 59.4 Å². The molecule has 0 radical (unpaired) electrons. The Morgan fingerprint density at radius 3 is 2.58 bits per heavy atom. The largest absolute Gasteiger partial charge is 0.491 e. The number of ether oxygens (including phenoxy) is 1. The Balaban J connectivity index is 2.16. The topological polar surface area (TPSA) is 21.3 Å². The molecule has 2 aromatic rings. The molecule has 0 bridgehead atoms. The Labute approximate surface area is 113 Å². The van der Waals surface area contributed by atoms with Gasteiger partial charge in [0, 0.05) is 12.7 Å². The molecule has 0 aromatic heterocycles. The van der Waals surface area contributed by atoms with Crippen LogP contribution >= 0.6 is 0 Å². The number of rotatable bonds is 5. The highest BCUT2D eigenvalue weighted by Crippen LogP contribution is 2.21. The number of hydrogen-bond donors (Lipinski definition) is 1. The van der Waals surface area contributed by atoms with Crippen molar-refractivity contribution < 1.29 is 9.13 Å². The van der Waals surface area contributed by atoms with Crippen LogP contribution in [0.2, 0.25) is 0 Å². The van der Waals surface area contributed by atoms with Gasteiger partial charge in [-0.1, -0.05) is 18.2 Å². The second-order valence-electron chi connectivity index (χ2n) is 4.32. The average Bonchev–Trinajstić information content (AvgIpc) is 2.42. The molecule has 100 valence electrons. The number of halogens is 1. The molecule has 0 saturated carbocycles. The van der Waals surface area contributed by atoms with E-state index >= 15 is 0 Å². The maximum Gasteiger partial charge on any atom is 0.165 e. The quantitative estimate of drug-likeness (QED) is 0.880. The first-order chi connectivity index (χ1) is 9.22. The van der Waals surface area contributed by atoms with Crippen molar-refractivity contribution in [3.63, 3.8) is 0 Å². The molecular weight excluding hydrogens is 241 g/mol. The van der Waals surface area contributed by atoms with E-state index in [1.807, 2.05) is 38.2 Å². The van der Waals surface area contributed by atoms with E-state index in [1.165, 1.54) is 6.07 Å². The van der Waals surface area contributed by atoms with Crippen molar-refractivity contribution in [1.29, 1.82) is 0 Å². The number of benzene rings is 2. The molecule has 2 nitrogen and oxygen atoms in total. The summed E-state index contributed by atoms with van der Waals surface area (Å²) in [5.41, 5.74) is 3.15. The summed E-state index contributed by atoms with van der Waals surface area (Å²) in [5, 5.41) is 3.10. The van der Waals surface area contributed by atoms with Crippen LogP contribution in [0.4, 0.5) is 10.1 Å². The zero-order valence-electron chi connectivity index (χ0n) is 11.2. The molecule has 0 unspecified atom stereocenters. The molecule has 0 heterocycles. The van der Waals surface area contributed by atoms with Gasteiger partial charge in [-0.25, -0.2) is 4.39 Å². The Morgan fingerprint density at radius 2 is 1.89 bits per heavy atom. The zero-order chi connectivity index (χ0) is 13.7. The summed E-state index contributed by atoms with van der Waals surface area (Å²) in [6.07, 6.45) is 0.707. The summed E-state index contributed by atoms with van der Waals surface area (Å²) >= 11 is 0. The third-order valence-corrected chi connectivity index (χ3v) is 2.92. The van der Waals surface area contributed by atoms with Crippen LogP contribution in [0.25, 0.3) is 0 Å². The maximum atomic E-state index is 13.7. The highest BCUT2D eigenvalue weighted by Gasteiger charge is 2.05. The number of hydrogen-bond acceptors (Lipinski definition) is 2. The van der Waals surface area contributed by atoms with Gasteiger partial charge < -0.3 is 10.1 Å². The monoisotopic (exact) mass is 259 g/mol. The Hall–Kier alpha value is -2.03. The minimum atomic E-state index is -0.302. The first-order valence-corrected chi connectivity index (χ1v) is 6.41. The fourth-order valence-corrected chi connectivity index (χ4v) is 2.00. The van der Waals surface area contributed by atoms with Gasteiger partial charge in [-0.05, 0) is 48.7 Å². The van der Waals surface area contributed by atoms with E-state index < -0.39 is 0 Å². The van der Waals surface area contributed by atoms with Gasteiger partial charge in [-0.15, -0.1) is 0 Å². The third-order valence-electron chi connectivity index (χ3n) is 2.92. The SMILES string of the molecule is CCOc1ccc(Cc2cccc(NC)c2)cc1F. The van der Waals surface area contributed by atoms with Gasteiger partial charge in [0.1, 0.15) is 0 Å². The average molecular weight is 259 g/mol. The van der Waals surface area contributed by atoms with Crippen LogP contribution in [0.3, 0.4) is 0 Å². The molecule has 0 spiro atoms. The molecule has 19 heavy (non-hydrogen) atoms. The Morgan fingerprint density at radius 1 is 1.11 bits per heavy atom. The van der Waals surface area contributed by atoms with Crippen molar-refractivity contribution in [3.8, 4) is 5.75 Å². The predicted molar refractivity (Wildman–Crippen MR) is 76.4 cm³/mol. The van der Waals surface area contributed by atoms with Crippen LogP contribution in [0.15, 0.2) is 42.5 Å². The molecular formula is C16H18FNO. The van der Waals surface area contributed by atoms with E-state index in [-0.39, 0.29) is 5.82 Å². The highest BCUT2D eigenvalue weighted by atomic mass is 19.1. The minimum absolute atomic E-state index is 0.302. The standard InChI is InChI=1S/C16H18FNO/c1-3-19-16-8-7-13(11-15(16)17)9-12-5-4-6-14(10-12)18-2/h4-8,10-11,18H,3,9H2,1-2H3. The van der Waals surface area contributed by atoms with Crippen molar-refractivity contribution in [2.75, 3.05) is 19.0 Å². The van der Waals surface area contributed by atoms with E-state index in [9.17, 15) is 4.39 Å². The van der Waals surface area contributed by atoms with Gasteiger partial charge in [0.05, 0.1) is 6.61 Å². The molecule has 3 heteroatoms. The smallest absolute Gasteiger partial charge is 0.165 e. The highest BCUT2D eigenvalue weighted by molar-refractivity contribution is 5.46. The molecule has 2 aromatic carbocycles. The lowest BCUT2D eigenvalue weighted by atomic mass is 10.0. The summed E-state index contributed by atoms with van der Waals surface area (Å²) in [6.45, 7) is 2.32. The fraction of sp³-hybridized carbons (Fsp3) is 0.250. The van der Waals surface area contributed by atoms with Crippen LogP contribution in [-0.4, -0.2) is 13.7 Å². The lowest BCUT2D eigenvalue weighted by molar-refractivity contribution is 0.321. The van der Waals surface area contributed by atoms with Crippen molar-refractivity contribution in [1.82, 2.24) is 0 Å². The molecule has 0 aliphatic rings. The molecule has 1 N–H and O–H groups in total. The lowest BCUT2D eigenvalue weighted by Gasteiger charge is -2.08. The molecule has 0 aliphatic carbocycles. The summed E-state index contributed by atoms with van der Waals surface area (Å²) in [7, 11) is 1.88. The normalized spacial score (nSPS) is 10.3. The van der Waals surface area contributed by atoms with E-state index in [4.69, 9.17) is 4.74 Å². The van der Waals surface area contributed by atoms with E-state index in [0.29, 0.717) is 18.8 Å². The summed E-state index contributed by atoms with van der Waals surface area (Å²) < 4.78 is 18.9. The molecule has 2 rings (SSSR count). The first kappa shape index (κ1) is 13.4. The maximum absolute atomic E-state index is 13.7. The zero-order valence-corrected chi connectivity index (χ0v) is 11.2. The minimum Gasteiger partial charge on any atom is -0.491 e. The molecule has 0 amide bonds. The van der Waals surface area contributed by atoms with Crippen LogP contribution in [0, 0.1) is 5.82 Å². The van der Waals surface area contributed by atoms with Crippen molar-refractivity contribution in [2.24, 2.45) is 0 Å². The van der Waals surface area contributed by atoms with E-state index in [1.54, 1.807) is 6.07 Å². The van der Waals surface area contributed by atoms with E-state index in [2.05, 4.69) is 11.4 Å². The number of anilines is 1. The van der Waals surface area contributed by atoms with Gasteiger partial charge in [0.2, 0.25) is 0 Å². The van der Waals surface area contributed by atoms with Gasteiger partial charge in [-0.3, -0.25) is 0 Å². The Bertz CT molecular complexity index is 554. The van der Waals surface area contributed by atoms with Gasteiger partial charge in [0.25, 0.3) is 0 Å². The number of nitrogens with one attached hydrogen (secondary N) is 1. The molecule has 0 fully saturated rings. The predicted octanol–water partition coefficient (Wildman–Crippen LogP) is 3.86. The van der Waals surface area contributed by atoms with Gasteiger partial charge in [0.15, 0.2) is 11.6 Å². The molecule has 0 atom stereocenters. The summed E-state index contributed by atoms with van der Waals surface area (Å²) in [6, 6.07) is 13.2. The van der Waals surface area contributed by atoms with E-state index in [0.717, 1.165) is 16.8 Å². The summed E-state index contributed by atoms with van der Waals surface area (Å²) in [5.74, 6) is 0.0133. The molecule has 0 aliphatic heterocycles. The van der Waals surface area contributed by atoms with Crippen LogP contribution in [-0.2, 0) is 6.42 Å². The second-order valence-corrected chi connectivity index (χ2v) is 4.32. The summed E-state index contributed by atoms with van der Waals surface area (Å²) in [4.78, 5) is 0. The van der Waals surface area contributed by atoms with Crippen molar-refractivity contribution >= 4 is 5.69 Å². The lowest BCUT2D eigenvalue weighted by Crippen LogP contribution is -1.97. The van der Waals surface area contributed by atoms with Crippen LogP contribution in [0.5, 0.6) is 5.75 Å². The first-order valence-electron chi connectivity index (χ1n) is 6.41. The Kier molecular flexibility index (Phi) is 4.39. The third kappa shape index (κ3) is 3.47. The van der Waals surface area contributed by atoms with Crippen LogP contribution in [0.1, 0.15) is 18.1 Å².